The molecule has 0 aliphatic carbocycles. The molecule has 4 nitrogen and oxygen atoms in total. The number of hydrogen-bond donors (Lipinski definition) is 0. The maximum absolute atomic E-state index is 11.6. The Kier molecular flexibility index (Phi) is 2.62. The minimum atomic E-state index is 0.0883. The molecule has 0 saturated carbocycles. The molecule has 2 heterocycles. The van der Waals surface area contributed by atoms with Gasteiger partial charge in [0.2, 0.25) is 0 Å². The van der Waals surface area contributed by atoms with Gasteiger partial charge in [-0.15, -0.1) is 0 Å². The number of fused-ring (bicyclic) bond motifs is 1. The third kappa shape index (κ3) is 1.78. The van der Waals surface area contributed by atoms with Crippen LogP contribution in [0.1, 0.15) is 35.9 Å². The zero-order valence-corrected chi connectivity index (χ0v) is 10.6. The predicted molar refractivity (Wildman–Crippen MR) is 62.3 cm³/mol. The Hall–Kier alpha value is -1.16. The average Bonchev–Trinajstić information content (AvgIpc) is 2.53. The zero-order chi connectivity index (χ0) is 11.9. The summed E-state index contributed by atoms with van der Waals surface area (Å²) in [5.74, 6) is 1.14. The SMILES string of the molecule is CCc1nc(C(C)=O)c2n1CC[N+](C)(C)C2. The first-order valence-corrected chi connectivity index (χ1v) is 5.86. The van der Waals surface area contributed by atoms with Crippen LogP contribution in [0.4, 0.5) is 0 Å². The van der Waals surface area contributed by atoms with E-state index in [1.54, 1.807) is 6.92 Å². The van der Waals surface area contributed by atoms with Crippen LogP contribution in [0.25, 0.3) is 0 Å². The number of imidazole rings is 1. The number of ketones is 1. The van der Waals surface area contributed by atoms with Crippen molar-refractivity contribution in [2.75, 3.05) is 20.6 Å². The Morgan fingerprint density at radius 3 is 2.75 bits per heavy atom. The first-order valence-electron chi connectivity index (χ1n) is 5.86. The van der Waals surface area contributed by atoms with Crippen molar-refractivity contribution in [3.05, 3.63) is 17.2 Å². The first-order chi connectivity index (χ1) is 7.44. The van der Waals surface area contributed by atoms with Gasteiger partial charge in [-0.25, -0.2) is 4.98 Å². The monoisotopic (exact) mass is 222 g/mol. The van der Waals surface area contributed by atoms with E-state index in [2.05, 4.69) is 30.6 Å². The fourth-order valence-corrected chi connectivity index (χ4v) is 2.37. The number of rotatable bonds is 2. The van der Waals surface area contributed by atoms with Crippen LogP contribution in [0.2, 0.25) is 0 Å². The van der Waals surface area contributed by atoms with E-state index in [0.717, 1.165) is 42.1 Å². The van der Waals surface area contributed by atoms with Crippen LogP contribution in [-0.4, -0.2) is 40.5 Å². The molecule has 88 valence electrons. The normalized spacial score (nSPS) is 18.2. The number of hydrogen-bond acceptors (Lipinski definition) is 2. The van der Waals surface area contributed by atoms with Gasteiger partial charge in [0, 0.05) is 13.3 Å². The van der Waals surface area contributed by atoms with Crippen LogP contribution >= 0.6 is 0 Å². The number of aryl methyl sites for hydroxylation is 1. The van der Waals surface area contributed by atoms with Gasteiger partial charge in [0.05, 0.1) is 27.2 Å². The molecule has 1 aromatic rings. The van der Waals surface area contributed by atoms with Crippen molar-refractivity contribution in [2.45, 2.75) is 33.4 Å². The van der Waals surface area contributed by atoms with Gasteiger partial charge in [-0.2, -0.15) is 0 Å². The van der Waals surface area contributed by atoms with Crippen molar-refractivity contribution in [1.82, 2.24) is 9.55 Å². The van der Waals surface area contributed by atoms with Crippen molar-refractivity contribution >= 4 is 5.78 Å². The van der Waals surface area contributed by atoms with Crippen LogP contribution in [0, 0.1) is 0 Å². The molecule has 0 atom stereocenters. The van der Waals surface area contributed by atoms with E-state index in [0.29, 0.717) is 5.69 Å². The molecule has 1 aromatic heterocycles. The molecule has 0 bridgehead atoms. The molecular weight excluding hydrogens is 202 g/mol. The molecule has 0 radical (unpaired) electrons. The maximum Gasteiger partial charge on any atom is 0.180 e. The van der Waals surface area contributed by atoms with E-state index >= 15 is 0 Å². The standard InChI is InChI=1S/C12H20N3O/c1-5-11-13-12(9(2)16)10-8-15(3,4)7-6-14(10)11/h5-8H2,1-4H3/q+1. The molecule has 0 saturated heterocycles. The van der Waals surface area contributed by atoms with Crippen LogP contribution in [0.5, 0.6) is 0 Å². The fourth-order valence-electron chi connectivity index (χ4n) is 2.37. The third-order valence-electron chi connectivity index (χ3n) is 3.31. The lowest BCUT2D eigenvalue weighted by atomic mass is 10.2. The Balaban J connectivity index is 2.51. The molecule has 4 heteroatoms. The van der Waals surface area contributed by atoms with Crippen molar-refractivity contribution in [3.63, 3.8) is 0 Å². The highest BCUT2D eigenvalue weighted by atomic mass is 16.1. The second kappa shape index (κ2) is 3.70. The first kappa shape index (κ1) is 11.3. The van der Waals surface area contributed by atoms with Gasteiger partial charge < -0.3 is 9.05 Å². The van der Waals surface area contributed by atoms with E-state index in [9.17, 15) is 4.79 Å². The minimum absolute atomic E-state index is 0.0883. The van der Waals surface area contributed by atoms with Crippen molar-refractivity contribution in [1.29, 1.82) is 0 Å². The lowest BCUT2D eigenvalue weighted by Gasteiger charge is -2.34. The molecule has 0 aromatic carbocycles. The number of aromatic nitrogens is 2. The number of Topliss-reactive ketones (excluding diaryl/α,β-unsaturated/α-hetero) is 1. The number of likely N-dealkylation sites (N-methyl/N-ethyl adjacent to an activating group) is 1. The topological polar surface area (TPSA) is 34.9 Å². The lowest BCUT2D eigenvalue weighted by Crippen LogP contribution is -2.46. The van der Waals surface area contributed by atoms with Gasteiger partial charge in [-0.3, -0.25) is 4.79 Å². The number of carbonyl (C=O) groups is 1. The summed E-state index contributed by atoms with van der Waals surface area (Å²) in [5.41, 5.74) is 1.81. The van der Waals surface area contributed by atoms with E-state index < -0.39 is 0 Å². The van der Waals surface area contributed by atoms with Crippen LogP contribution < -0.4 is 0 Å². The summed E-state index contributed by atoms with van der Waals surface area (Å²) in [4.78, 5) is 16.1. The van der Waals surface area contributed by atoms with Crippen LogP contribution in [0.15, 0.2) is 0 Å². The number of nitrogens with zero attached hydrogens (tertiary/aromatic N) is 3. The van der Waals surface area contributed by atoms with Gasteiger partial charge in [-0.05, 0) is 0 Å². The Morgan fingerprint density at radius 1 is 1.50 bits per heavy atom. The largest absolute Gasteiger partial charge is 0.322 e. The molecule has 0 unspecified atom stereocenters. The van der Waals surface area contributed by atoms with Crippen molar-refractivity contribution in [2.24, 2.45) is 0 Å². The highest BCUT2D eigenvalue weighted by Gasteiger charge is 2.30. The molecule has 1 aliphatic rings. The van der Waals surface area contributed by atoms with Gasteiger partial charge in [-0.1, -0.05) is 6.92 Å². The molecule has 0 spiro atoms. The highest BCUT2D eigenvalue weighted by Crippen LogP contribution is 2.22. The third-order valence-corrected chi connectivity index (χ3v) is 3.31. The van der Waals surface area contributed by atoms with Gasteiger partial charge in [0.25, 0.3) is 0 Å². The van der Waals surface area contributed by atoms with Crippen molar-refractivity contribution in [3.8, 4) is 0 Å². The summed E-state index contributed by atoms with van der Waals surface area (Å²) in [6, 6.07) is 0. The average molecular weight is 222 g/mol. The summed E-state index contributed by atoms with van der Waals surface area (Å²) in [6.45, 7) is 6.69. The Morgan fingerprint density at radius 2 is 2.19 bits per heavy atom. The van der Waals surface area contributed by atoms with Gasteiger partial charge in [0.1, 0.15) is 23.8 Å². The summed E-state index contributed by atoms with van der Waals surface area (Å²) >= 11 is 0. The number of quaternary nitrogens is 1. The van der Waals surface area contributed by atoms with Crippen molar-refractivity contribution < 1.29 is 9.28 Å². The summed E-state index contributed by atoms with van der Waals surface area (Å²) in [7, 11) is 4.40. The summed E-state index contributed by atoms with van der Waals surface area (Å²) < 4.78 is 3.18. The molecule has 16 heavy (non-hydrogen) atoms. The van der Waals surface area contributed by atoms with Gasteiger partial charge in [0.15, 0.2) is 5.78 Å². The zero-order valence-electron chi connectivity index (χ0n) is 10.6. The summed E-state index contributed by atoms with van der Waals surface area (Å²) in [5, 5.41) is 0. The smallest absolute Gasteiger partial charge is 0.180 e. The molecule has 0 fully saturated rings. The summed E-state index contributed by atoms with van der Waals surface area (Å²) in [6.07, 6.45) is 0.897. The van der Waals surface area contributed by atoms with Crippen LogP contribution in [0.3, 0.4) is 0 Å². The molecule has 0 N–H and O–H groups in total. The highest BCUT2D eigenvalue weighted by molar-refractivity contribution is 5.93. The minimum Gasteiger partial charge on any atom is -0.322 e. The van der Waals surface area contributed by atoms with Crippen LogP contribution in [-0.2, 0) is 19.5 Å². The van der Waals surface area contributed by atoms with E-state index in [1.165, 1.54) is 0 Å². The molecular formula is C12H20N3O+. The second-order valence-corrected chi connectivity index (χ2v) is 5.20. The Labute approximate surface area is 96.5 Å². The quantitative estimate of drug-likeness (QED) is 0.557. The van der Waals surface area contributed by atoms with E-state index in [1.807, 2.05) is 0 Å². The van der Waals surface area contributed by atoms with Gasteiger partial charge >= 0.3 is 0 Å². The predicted octanol–water partition coefficient (Wildman–Crippen LogP) is 1.24. The molecule has 2 rings (SSSR count). The fraction of sp³-hybridized carbons (Fsp3) is 0.667. The second-order valence-electron chi connectivity index (χ2n) is 5.20. The Bertz CT molecular complexity index is 432. The molecule has 0 amide bonds. The van der Waals surface area contributed by atoms with E-state index in [-0.39, 0.29) is 5.78 Å². The lowest BCUT2D eigenvalue weighted by molar-refractivity contribution is -0.907. The van der Waals surface area contributed by atoms with E-state index in [4.69, 9.17) is 0 Å². The maximum atomic E-state index is 11.6. The number of carbonyl (C=O) groups excluding carboxylic acids is 1. The molecule has 1 aliphatic heterocycles.